The first kappa shape index (κ1) is 27.4. The number of hydrogen-bond acceptors (Lipinski definition) is 5. The van der Waals surface area contributed by atoms with Crippen molar-refractivity contribution in [3.63, 3.8) is 0 Å². The average Bonchev–Trinajstić information content (AvgIpc) is 2.94. The van der Waals surface area contributed by atoms with Gasteiger partial charge in [0.05, 0.1) is 23.2 Å². The number of amides is 2. The molecule has 4 fully saturated rings. The van der Waals surface area contributed by atoms with Gasteiger partial charge in [-0.25, -0.2) is 8.42 Å². The summed E-state index contributed by atoms with van der Waals surface area (Å²) < 4.78 is 26.7. The Bertz CT molecular complexity index is 1500. The number of aromatic nitrogens is 1. The maximum absolute atomic E-state index is 13.1. The molecule has 4 saturated carbocycles. The van der Waals surface area contributed by atoms with Crippen LogP contribution in [0.4, 0.5) is 11.4 Å². The van der Waals surface area contributed by atoms with E-state index in [4.69, 9.17) is 0 Å². The number of benzene rings is 2. The van der Waals surface area contributed by atoms with Gasteiger partial charge >= 0.3 is 0 Å². The van der Waals surface area contributed by atoms with E-state index in [2.05, 4.69) is 27.8 Å². The van der Waals surface area contributed by atoms with E-state index in [9.17, 15) is 18.0 Å². The summed E-state index contributed by atoms with van der Waals surface area (Å²) in [5.74, 6) is 1.56. The lowest BCUT2D eigenvalue weighted by Crippen LogP contribution is -2.48. The van der Waals surface area contributed by atoms with Crippen molar-refractivity contribution in [2.45, 2.75) is 50.5 Å². The molecular weight excluding hydrogens is 536 g/mol. The molecule has 4 bridgehead atoms. The Labute approximate surface area is 241 Å². The molecule has 1 aromatic heterocycles. The number of rotatable bonds is 9. The van der Waals surface area contributed by atoms with E-state index in [1.54, 1.807) is 42.7 Å². The van der Waals surface area contributed by atoms with Gasteiger partial charge in [0.2, 0.25) is 15.9 Å². The summed E-state index contributed by atoms with van der Waals surface area (Å²) in [5.41, 5.74) is 3.41. The Morgan fingerprint density at radius 3 is 2.20 bits per heavy atom. The van der Waals surface area contributed by atoms with Crippen LogP contribution in [0.2, 0.25) is 0 Å². The lowest BCUT2D eigenvalue weighted by Gasteiger charge is -2.57. The van der Waals surface area contributed by atoms with Gasteiger partial charge in [-0.15, -0.1) is 0 Å². The van der Waals surface area contributed by atoms with Crippen molar-refractivity contribution in [3.05, 3.63) is 89.7 Å². The maximum atomic E-state index is 13.1. The van der Waals surface area contributed by atoms with Crippen LogP contribution in [0.15, 0.2) is 73.1 Å². The number of anilines is 2. The number of pyridine rings is 1. The summed E-state index contributed by atoms with van der Waals surface area (Å²) >= 11 is 0. The third kappa shape index (κ3) is 5.86. The highest BCUT2D eigenvalue weighted by Gasteiger charge is 2.51. The third-order valence-corrected chi connectivity index (χ3v) is 10.3. The third-order valence-electron chi connectivity index (χ3n) is 9.12. The molecule has 0 spiro atoms. The highest BCUT2D eigenvalue weighted by atomic mass is 32.2. The van der Waals surface area contributed by atoms with Crippen molar-refractivity contribution in [2.24, 2.45) is 17.8 Å². The topological polar surface area (TPSA) is 108 Å². The molecular formula is C32H36N4O4S. The summed E-state index contributed by atoms with van der Waals surface area (Å²) in [7, 11) is -3.74. The maximum Gasteiger partial charge on any atom is 0.253 e. The van der Waals surface area contributed by atoms with Crippen molar-refractivity contribution in [1.29, 1.82) is 0 Å². The van der Waals surface area contributed by atoms with Gasteiger partial charge in [0, 0.05) is 18.9 Å². The number of para-hydroxylation sites is 1. The van der Waals surface area contributed by atoms with Crippen molar-refractivity contribution in [3.8, 4) is 0 Å². The first-order valence-electron chi connectivity index (χ1n) is 14.3. The van der Waals surface area contributed by atoms with Crippen LogP contribution in [0.1, 0.15) is 60.0 Å². The molecule has 0 atom stereocenters. The Morgan fingerprint density at radius 2 is 1.59 bits per heavy atom. The monoisotopic (exact) mass is 572 g/mol. The summed E-state index contributed by atoms with van der Waals surface area (Å²) in [6, 6.07) is 18.1. The van der Waals surface area contributed by atoms with E-state index < -0.39 is 22.5 Å². The van der Waals surface area contributed by atoms with E-state index in [-0.39, 0.29) is 23.4 Å². The fraction of sp³-hybridized carbons (Fsp3) is 0.406. The Balaban J connectivity index is 1.15. The fourth-order valence-electron chi connectivity index (χ4n) is 7.74. The molecule has 1 heterocycles. The summed E-state index contributed by atoms with van der Waals surface area (Å²) in [5, 5.41) is 5.58. The van der Waals surface area contributed by atoms with Gasteiger partial charge in [-0.3, -0.25) is 18.9 Å². The van der Waals surface area contributed by atoms with Crippen LogP contribution in [0.3, 0.4) is 0 Å². The summed E-state index contributed by atoms with van der Waals surface area (Å²) in [4.78, 5) is 30.1. The molecule has 9 heteroatoms. The molecule has 0 aliphatic heterocycles. The molecule has 2 N–H and O–H groups in total. The van der Waals surface area contributed by atoms with E-state index in [1.807, 2.05) is 18.2 Å². The molecule has 2 amide bonds. The zero-order valence-electron chi connectivity index (χ0n) is 23.3. The lowest BCUT2D eigenvalue weighted by molar-refractivity contribution is -0.114. The minimum absolute atomic E-state index is 0.210. The minimum Gasteiger partial charge on any atom is -0.348 e. The Kier molecular flexibility index (Phi) is 7.32. The second kappa shape index (κ2) is 10.9. The largest absolute Gasteiger partial charge is 0.348 e. The van der Waals surface area contributed by atoms with Gasteiger partial charge in [-0.05, 0) is 103 Å². The molecule has 0 saturated heterocycles. The number of hydrogen-bond donors (Lipinski definition) is 2. The van der Waals surface area contributed by atoms with Crippen LogP contribution >= 0.6 is 0 Å². The fourth-order valence-corrected chi connectivity index (χ4v) is 8.59. The molecule has 8 nitrogen and oxygen atoms in total. The SMILES string of the molecule is CS(=O)(=O)N(CC(=O)Nc1ccccc1C(=O)NCc1cccnc1)c1ccc(C23CC4CC(CC(C4)C2)C3)cc1. The quantitative estimate of drug-likeness (QED) is 0.380. The van der Waals surface area contributed by atoms with Crippen molar-refractivity contribution < 1.29 is 18.0 Å². The van der Waals surface area contributed by atoms with E-state index in [0.29, 0.717) is 11.4 Å². The highest BCUT2D eigenvalue weighted by Crippen LogP contribution is 2.60. The lowest BCUT2D eigenvalue weighted by atomic mass is 9.48. The average molecular weight is 573 g/mol. The molecule has 0 radical (unpaired) electrons. The molecule has 41 heavy (non-hydrogen) atoms. The second-order valence-corrected chi connectivity index (χ2v) is 14.1. The summed E-state index contributed by atoms with van der Waals surface area (Å²) in [6.45, 7) is -0.114. The zero-order valence-corrected chi connectivity index (χ0v) is 24.1. The van der Waals surface area contributed by atoms with Crippen molar-refractivity contribution in [2.75, 3.05) is 22.4 Å². The van der Waals surface area contributed by atoms with Gasteiger partial charge in [-0.2, -0.15) is 0 Å². The number of carbonyl (C=O) groups excluding carboxylic acids is 2. The standard InChI is InChI=1S/C32H36N4O4S/c1-41(39,40)36(27-10-8-26(9-11-27)32-16-23-13-24(17-32)15-25(14-23)18-32)21-30(37)35-29-7-3-2-6-28(29)31(38)34-20-22-5-4-12-33-19-22/h2-12,19,23-25H,13-18,20-21H2,1H3,(H,34,38)(H,35,37). The van der Waals surface area contributed by atoms with Gasteiger partial charge < -0.3 is 10.6 Å². The first-order chi connectivity index (χ1) is 19.7. The van der Waals surface area contributed by atoms with Gasteiger partial charge in [0.15, 0.2) is 0 Å². The smallest absolute Gasteiger partial charge is 0.253 e. The Hall–Kier alpha value is -3.72. The van der Waals surface area contributed by atoms with Gasteiger partial charge in [0.1, 0.15) is 6.54 Å². The number of sulfonamides is 1. The highest BCUT2D eigenvalue weighted by molar-refractivity contribution is 7.92. The summed E-state index contributed by atoms with van der Waals surface area (Å²) in [6.07, 6.45) is 12.2. The van der Waals surface area contributed by atoms with Crippen LogP contribution in [-0.4, -0.2) is 38.0 Å². The van der Waals surface area contributed by atoms with Crippen molar-refractivity contribution >= 4 is 33.2 Å². The van der Waals surface area contributed by atoms with Gasteiger partial charge in [0.25, 0.3) is 5.91 Å². The zero-order chi connectivity index (χ0) is 28.6. The molecule has 7 rings (SSSR count). The van der Waals surface area contributed by atoms with Gasteiger partial charge in [-0.1, -0.05) is 30.3 Å². The molecule has 214 valence electrons. The second-order valence-electron chi connectivity index (χ2n) is 12.2. The molecule has 4 aliphatic carbocycles. The van der Waals surface area contributed by atoms with Crippen LogP contribution in [-0.2, 0) is 26.8 Å². The minimum atomic E-state index is -3.74. The molecule has 0 unspecified atom stereocenters. The number of nitrogens with zero attached hydrogens (tertiary/aromatic N) is 2. The predicted octanol–water partition coefficient (Wildman–Crippen LogP) is 4.88. The normalized spacial score (nSPS) is 24.6. The van der Waals surface area contributed by atoms with E-state index >= 15 is 0 Å². The van der Waals surface area contributed by atoms with E-state index in [0.717, 1.165) is 33.9 Å². The van der Waals surface area contributed by atoms with Crippen LogP contribution in [0, 0.1) is 17.8 Å². The molecule has 3 aromatic rings. The van der Waals surface area contributed by atoms with Crippen molar-refractivity contribution in [1.82, 2.24) is 10.3 Å². The van der Waals surface area contributed by atoms with Crippen LogP contribution < -0.4 is 14.9 Å². The van der Waals surface area contributed by atoms with E-state index in [1.165, 1.54) is 44.1 Å². The molecule has 4 aliphatic rings. The predicted molar refractivity (Wildman–Crippen MR) is 159 cm³/mol. The van der Waals surface area contributed by atoms with Crippen LogP contribution in [0.25, 0.3) is 0 Å². The van der Waals surface area contributed by atoms with Crippen LogP contribution in [0.5, 0.6) is 0 Å². The Morgan fingerprint density at radius 1 is 0.927 bits per heavy atom. The number of nitrogens with one attached hydrogen (secondary N) is 2. The first-order valence-corrected chi connectivity index (χ1v) is 16.2. The number of carbonyl (C=O) groups is 2. The molecule has 2 aromatic carbocycles.